The molecule has 1 heterocycles. The Morgan fingerprint density at radius 2 is 1.59 bits per heavy atom. The monoisotopic (exact) mass is 407 g/mol. The molecule has 1 saturated heterocycles. The molecule has 3 rings (SSSR count). The number of sulfonamides is 1. The van der Waals surface area contributed by atoms with Gasteiger partial charge in [0.15, 0.2) is 0 Å². The van der Waals surface area contributed by atoms with Gasteiger partial charge in [0, 0.05) is 43.2 Å². The largest absolute Gasteiger partial charge is 0.336 e. The van der Waals surface area contributed by atoms with Crippen LogP contribution in [-0.2, 0) is 10.0 Å². The first-order valence-electron chi connectivity index (χ1n) is 8.12. The van der Waals surface area contributed by atoms with Gasteiger partial charge in [0.05, 0.1) is 15.4 Å². The van der Waals surface area contributed by atoms with Crippen LogP contribution < -0.4 is 0 Å². The minimum Gasteiger partial charge on any atom is -0.336 e. The third kappa shape index (κ3) is 3.97. The maximum Gasteiger partial charge on any atom is 0.269 e. The van der Waals surface area contributed by atoms with Crippen molar-refractivity contribution in [1.82, 2.24) is 9.21 Å². The molecule has 142 valence electrons. The number of thiol groups is 1. The van der Waals surface area contributed by atoms with Gasteiger partial charge >= 0.3 is 0 Å². The SMILES string of the molecule is O=C(c1ccccc1S)N1CCN(S(=O)(=O)c2ccc([N+](=O)[O-])cc2)CC1. The van der Waals surface area contributed by atoms with E-state index in [1.165, 1.54) is 16.4 Å². The zero-order valence-corrected chi connectivity index (χ0v) is 15.9. The summed E-state index contributed by atoms with van der Waals surface area (Å²) in [5.41, 5.74) is 0.308. The van der Waals surface area contributed by atoms with Crippen LogP contribution in [0.25, 0.3) is 0 Å². The first kappa shape index (κ1) is 19.3. The highest BCUT2D eigenvalue weighted by atomic mass is 32.2. The summed E-state index contributed by atoms with van der Waals surface area (Å²) in [7, 11) is -3.77. The molecule has 0 spiro atoms. The maximum absolute atomic E-state index is 12.7. The normalized spacial score (nSPS) is 15.5. The maximum atomic E-state index is 12.7. The smallest absolute Gasteiger partial charge is 0.269 e. The minimum absolute atomic E-state index is 0.00594. The first-order valence-corrected chi connectivity index (χ1v) is 10.0. The van der Waals surface area contributed by atoms with Crippen LogP contribution in [0.15, 0.2) is 58.3 Å². The predicted molar refractivity (Wildman–Crippen MR) is 101 cm³/mol. The molecular formula is C17H17N3O5S2. The van der Waals surface area contributed by atoms with Gasteiger partial charge in [-0.05, 0) is 24.3 Å². The van der Waals surface area contributed by atoms with Gasteiger partial charge in [0.1, 0.15) is 0 Å². The van der Waals surface area contributed by atoms with Gasteiger partial charge in [-0.15, -0.1) is 12.6 Å². The van der Waals surface area contributed by atoms with Crippen molar-refractivity contribution in [3.8, 4) is 0 Å². The number of amides is 1. The van der Waals surface area contributed by atoms with E-state index in [2.05, 4.69) is 12.6 Å². The molecule has 10 heteroatoms. The Morgan fingerprint density at radius 3 is 2.15 bits per heavy atom. The van der Waals surface area contributed by atoms with E-state index < -0.39 is 14.9 Å². The van der Waals surface area contributed by atoms with Gasteiger partial charge < -0.3 is 4.90 Å². The molecule has 2 aromatic carbocycles. The van der Waals surface area contributed by atoms with Crippen LogP contribution in [0.5, 0.6) is 0 Å². The Balaban J connectivity index is 1.70. The quantitative estimate of drug-likeness (QED) is 0.475. The van der Waals surface area contributed by atoms with E-state index in [1.807, 2.05) is 0 Å². The average Bonchev–Trinajstić information content (AvgIpc) is 2.68. The van der Waals surface area contributed by atoms with Crippen molar-refractivity contribution in [3.05, 3.63) is 64.2 Å². The molecular weight excluding hydrogens is 390 g/mol. The van der Waals surface area contributed by atoms with Crippen LogP contribution in [0.4, 0.5) is 5.69 Å². The number of hydrogen-bond acceptors (Lipinski definition) is 6. The lowest BCUT2D eigenvalue weighted by atomic mass is 10.2. The summed E-state index contributed by atoms with van der Waals surface area (Å²) in [5.74, 6) is -0.187. The van der Waals surface area contributed by atoms with Gasteiger partial charge in [-0.25, -0.2) is 8.42 Å². The Labute approximate surface area is 162 Å². The van der Waals surface area contributed by atoms with Crippen LogP contribution in [0.2, 0.25) is 0 Å². The van der Waals surface area contributed by atoms with E-state index in [0.717, 1.165) is 12.1 Å². The molecule has 0 N–H and O–H groups in total. The van der Waals surface area contributed by atoms with Crippen LogP contribution in [0, 0.1) is 10.1 Å². The lowest BCUT2D eigenvalue weighted by molar-refractivity contribution is -0.384. The molecule has 1 aliphatic heterocycles. The van der Waals surface area contributed by atoms with E-state index in [9.17, 15) is 23.3 Å². The third-order valence-electron chi connectivity index (χ3n) is 4.35. The molecule has 1 amide bonds. The highest BCUT2D eigenvalue weighted by molar-refractivity contribution is 7.89. The van der Waals surface area contributed by atoms with Gasteiger partial charge in [0.2, 0.25) is 10.0 Å². The number of carbonyl (C=O) groups excluding carboxylic acids is 1. The van der Waals surface area contributed by atoms with Gasteiger partial charge in [-0.1, -0.05) is 12.1 Å². The fourth-order valence-corrected chi connectivity index (χ4v) is 4.52. The average molecular weight is 407 g/mol. The summed E-state index contributed by atoms with van der Waals surface area (Å²) in [4.78, 5) is 24.9. The van der Waals surface area contributed by atoms with Crippen molar-refractivity contribution in [1.29, 1.82) is 0 Å². The zero-order chi connectivity index (χ0) is 19.6. The number of benzene rings is 2. The molecule has 0 aromatic heterocycles. The zero-order valence-electron chi connectivity index (χ0n) is 14.2. The Hall–Kier alpha value is -2.43. The molecule has 0 atom stereocenters. The molecule has 0 radical (unpaired) electrons. The fourth-order valence-electron chi connectivity index (χ4n) is 2.85. The highest BCUT2D eigenvalue weighted by Gasteiger charge is 2.31. The van der Waals surface area contributed by atoms with Crippen LogP contribution in [0.1, 0.15) is 10.4 Å². The third-order valence-corrected chi connectivity index (χ3v) is 6.65. The van der Waals surface area contributed by atoms with Crippen LogP contribution >= 0.6 is 12.6 Å². The molecule has 8 nitrogen and oxygen atoms in total. The van der Waals surface area contributed by atoms with Crippen LogP contribution in [-0.4, -0.2) is 54.6 Å². The van der Waals surface area contributed by atoms with E-state index in [0.29, 0.717) is 10.5 Å². The summed E-state index contributed by atoms with van der Waals surface area (Å²) >= 11 is 4.29. The Bertz CT molecular complexity index is 968. The number of rotatable bonds is 4. The summed E-state index contributed by atoms with van der Waals surface area (Å²) in [5, 5.41) is 10.7. The van der Waals surface area contributed by atoms with Gasteiger partial charge in [-0.2, -0.15) is 4.31 Å². The Morgan fingerprint density at radius 1 is 1.00 bits per heavy atom. The number of carbonyl (C=O) groups is 1. The Kier molecular flexibility index (Phi) is 5.49. The van der Waals surface area contributed by atoms with E-state index >= 15 is 0 Å². The van der Waals surface area contributed by atoms with Crippen molar-refractivity contribution in [2.45, 2.75) is 9.79 Å². The lowest BCUT2D eigenvalue weighted by Gasteiger charge is -2.34. The second kappa shape index (κ2) is 7.67. The van der Waals surface area contributed by atoms with Gasteiger partial charge in [-0.3, -0.25) is 14.9 Å². The standard InChI is InChI=1S/C17H17N3O5S2/c21-17(15-3-1-2-4-16(15)26)18-9-11-19(12-10-18)27(24,25)14-7-5-13(6-8-14)20(22)23/h1-8,26H,9-12H2. The summed E-state index contributed by atoms with van der Waals surface area (Å²) in [6.45, 7) is 0.819. The number of piperazine rings is 1. The number of nitro benzene ring substituents is 1. The van der Waals surface area contributed by atoms with Gasteiger partial charge in [0.25, 0.3) is 11.6 Å². The summed E-state index contributed by atoms with van der Waals surface area (Å²) in [6, 6.07) is 11.7. The predicted octanol–water partition coefficient (Wildman–Crippen LogP) is 2.03. The number of hydrogen-bond donors (Lipinski definition) is 1. The van der Waals surface area contributed by atoms with E-state index in [-0.39, 0.29) is 42.7 Å². The van der Waals surface area contributed by atoms with Crippen molar-refractivity contribution >= 4 is 34.2 Å². The first-order chi connectivity index (χ1) is 12.8. The van der Waals surface area contributed by atoms with Crippen molar-refractivity contribution in [2.24, 2.45) is 0 Å². The topological polar surface area (TPSA) is 101 Å². The molecule has 0 aliphatic carbocycles. The molecule has 27 heavy (non-hydrogen) atoms. The molecule has 1 fully saturated rings. The molecule has 0 saturated carbocycles. The lowest BCUT2D eigenvalue weighted by Crippen LogP contribution is -2.50. The molecule has 0 bridgehead atoms. The minimum atomic E-state index is -3.77. The molecule has 0 unspecified atom stereocenters. The van der Waals surface area contributed by atoms with Crippen LogP contribution in [0.3, 0.4) is 0 Å². The summed E-state index contributed by atoms with van der Waals surface area (Å²) in [6.07, 6.45) is 0. The molecule has 1 aliphatic rings. The summed E-state index contributed by atoms with van der Waals surface area (Å²) < 4.78 is 26.7. The second-order valence-corrected chi connectivity index (χ2v) is 8.38. The van der Waals surface area contributed by atoms with E-state index in [4.69, 9.17) is 0 Å². The van der Waals surface area contributed by atoms with Crippen molar-refractivity contribution < 1.29 is 18.1 Å². The molecule has 2 aromatic rings. The number of nitrogens with zero attached hydrogens (tertiary/aromatic N) is 3. The number of nitro groups is 1. The second-order valence-electron chi connectivity index (χ2n) is 5.96. The van der Waals surface area contributed by atoms with Crippen molar-refractivity contribution in [3.63, 3.8) is 0 Å². The fraction of sp³-hybridized carbons (Fsp3) is 0.235. The van der Waals surface area contributed by atoms with E-state index in [1.54, 1.807) is 29.2 Å². The van der Waals surface area contributed by atoms with Crippen molar-refractivity contribution in [2.75, 3.05) is 26.2 Å². The number of non-ortho nitro benzene ring substituents is 1. The highest BCUT2D eigenvalue weighted by Crippen LogP contribution is 2.22.